The molecule has 2 heterocycles. The van der Waals surface area contributed by atoms with Crippen molar-refractivity contribution in [1.82, 2.24) is 14.5 Å². The fourth-order valence-electron chi connectivity index (χ4n) is 4.16. The van der Waals surface area contributed by atoms with Crippen molar-refractivity contribution in [3.05, 3.63) is 65.2 Å². The fourth-order valence-corrected chi connectivity index (χ4v) is 5.68. The van der Waals surface area contributed by atoms with E-state index < -0.39 is 10.0 Å². The number of fused-ring (bicyclic) bond motifs is 1. The third-order valence-corrected chi connectivity index (χ3v) is 7.94. The van der Waals surface area contributed by atoms with Crippen LogP contribution in [0.25, 0.3) is 0 Å². The largest absolute Gasteiger partial charge is 0.352 e. The summed E-state index contributed by atoms with van der Waals surface area (Å²) in [4.78, 5) is 38.3. The summed E-state index contributed by atoms with van der Waals surface area (Å²) in [7, 11) is -3.47. The molecule has 174 valence electrons. The van der Waals surface area contributed by atoms with Gasteiger partial charge in [-0.1, -0.05) is 30.7 Å². The topological polar surface area (TPSA) is 104 Å². The number of carbonyl (C=O) groups is 3. The van der Waals surface area contributed by atoms with E-state index in [0.717, 1.165) is 24.8 Å². The summed E-state index contributed by atoms with van der Waals surface area (Å²) < 4.78 is 27.0. The Balaban J connectivity index is 1.23. The molecule has 4 rings (SSSR count). The van der Waals surface area contributed by atoms with Crippen molar-refractivity contribution in [1.29, 1.82) is 0 Å². The molecule has 8 nitrogen and oxygen atoms in total. The molecule has 0 aromatic heterocycles. The van der Waals surface area contributed by atoms with Gasteiger partial charge in [0.25, 0.3) is 11.8 Å². The standard InChI is InChI=1S/C24H27N3O5S/c28-22(9-6-16-27-23(29)20-7-2-3-8-21(20)24(27)30)25-17-18-10-12-19(13-11-18)33(31,32)26-14-4-1-5-15-26/h2-3,7-8,10-13H,1,4-6,9,14-17H2,(H,25,28). The van der Waals surface area contributed by atoms with Crippen LogP contribution in [0.1, 0.15) is 58.4 Å². The number of nitrogens with one attached hydrogen (secondary N) is 1. The van der Waals surface area contributed by atoms with Gasteiger partial charge in [0.15, 0.2) is 0 Å². The van der Waals surface area contributed by atoms with Gasteiger partial charge in [-0.3, -0.25) is 19.3 Å². The number of piperidine rings is 1. The second kappa shape index (κ2) is 9.84. The van der Waals surface area contributed by atoms with E-state index >= 15 is 0 Å². The first-order valence-corrected chi connectivity index (χ1v) is 12.6. The van der Waals surface area contributed by atoms with Gasteiger partial charge >= 0.3 is 0 Å². The van der Waals surface area contributed by atoms with Crippen LogP contribution >= 0.6 is 0 Å². The van der Waals surface area contributed by atoms with Crippen molar-refractivity contribution in [3.63, 3.8) is 0 Å². The summed E-state index contributed by atoms with van der Waals surface area (Å²) in [5.41, 5.74) is 1.59. The number of nitrogens with zero attached hydrogens (tertiary/aromatic N) is 2. The van der Waals surface area contributed by atoms with Gasteiger partial charge in [-0.2, -0.15) is 4.31 Å². The molecule has 2 aromatic rings. The van der Waals surface area contributed by atoms with E-state index in [-0.39, 0.29) is 42.1 Å². The number of carbonyl (C=O) groups excluding carboxylic acids is 3. The highest BCUT2D eigenvalue weighted by Gasteiger charge is 2.34. The molecule has 0 atom stereocenters. The molecular weight excluding hydrogens is 442 g/mol. The third-order valence-electron chi connectivity index (χ3n) is 6.03. The van der Waals surface area contributed by atoms with Crippen molar-refractivity contribution < 1.29 is 22.8 Å². The summed E-state index contributed by atoms with van der Waals surface area (Å²) in [6.07, 6.45) is 3.37. The van der Waals surface area contributed by atoms with Gasteiger partial charge in [0, 0.05) is 32.6 Å². The summed E-state index contributed by atoms with van der Waals surface area (Å²) in [6.45, 7) is 1.57. The summed E-state index contributed by atoms with van der Waals surface area (Å²) in [5, 5.41) is 2.80. The highest BCUT2D eigenvalue weighted by Crippen LogP contribution is 2.23. The van der Waals surface area contributed by atoms with Crippen LogP contribution in [0, 0.1) is 0 Å². The predicted octanol–water partition coefficient (Wildman–Crippen LogP) is 2.55. The number of sulfonamides is 1. The Labute approximate surface area is 193 Å². The number of imide groups is 1. The summed E-state index contributed by atoms with van der Waals surface area (Å²) >= 11 is 0. The molecular formula is C24H27N3O5S. The number of hydrogen-bond donors (Lipinski definition) is 1. The Morgan fingerprint density at radius 1 is 0.879 bits per heavy atom. The van der Waals surface area contributed by atoms with E-state index in [1.807, 2.05) is 0 Å². The average Bonchev–Trinajstić information content (AvgIpc) is 3.08. The molecule has 0 aliphatic carbocycles. The minimum absolute atomic E-state index is 0.175. The van der Waals surface area contributed by atoms with Gasteiger partial charge in [-0.05, 0) is 49.1 Å². The maximum atomic E-state index is 12.7. The van der Waals surface area contributed by atoms with Gasteiger partial charge in [-0.25, -0.2) is 8.42 Å². The lowest BCUT2D eigenvalue weighted by atomic mass is 10.1. The molecule has 2 aromatic carbocycles. The van der Waals surface area contributed by atoms with Crippen LogP contribution in [0.4, 0.5) is 0 Å². The average molecular weight is 470 g/mol. The first kappa shape index (κ1) is 23.1. The van der Waals surface area contributed by atoms with E-state index in [1.165, 1.54) is 9.21 Å². The molecule has 1 N–H and O–H groups in total. The zero-order valence-corrected chi connectivity index (χ0v) is 19.1. The van der Waals surface area contributed by atoms with Crippen LogP contribution in [-0.4, -0.2) is 55.0 Å². The van der Waals surface area contributed by atoms with Gasteiger partial charge in [0.2, 0.25) is 15.9 Å². The quantitative estimate of drug-likeness (QED) is 0.599. The van der Waals surface area contributed by atoms with Crippen LogP contribution < -0.4 is 5.32 Å². The van der Waals surface area contributed by atoms with Crippen molar-refractivity contribution in [2.75, 3.05) is 19.6 Å². The molecule has 0 bridgehead atoms. The molecule has 2 aliphatic heterocycles. The SMILES string of the molecule is O=C(CCCN1C(=O)c2ccccc2C1=O)NCc1ccc(S(=O)(=O)N2CCCCC2)cc1. The molecule has 3 amide bonds. The Bertz CT molecular complexity index is 1120. The van der Waals surface area contributed by atoms with Crippen LogP contribution in [0.3, 0.4) is 0 Å². The maximum Gasteiger partial charge on any atom is 0.261 e. The first-order chi connectivity index (χ1) is 15.9. The minimum atomic E-state index is -3.47. The van der Waals surface area contributed by atoms with Gasteiger partial charge in [0.05, 0.1) is 16.0 Å². The smallest absolute Gasteiger partial charge is 0.261 e. The molecule has 33 heavy (non-hydrogen) atoms. The highest BCUT2D eigenvalue weighted by atomic mass is 32.2. The molecule has 2 aliphatic rings. The number of amides is 3. The predicted molar refractivity (Wildman–Crippen MR) is 122 cm³/mol. The lowest BCUT2D eigenvalue weighted by Crippen LogP contribution is -2.35. The van der Waals surface area contributed by atoms with Crippen molar-refractivity contribution in [2.24, 2.45) is 0 Å². The highest BCUT2D eigenvalue weighted by molar-refractivity contribution is 7.89. The third kappa shape index (κ3) is 4.99. The second-order valence-electron chi connectivity index (χ2n) is 8.30. The zero-order valence-electron chi connectivity index (χ0n) is 18.3. The van der Waals surface area contributed by atoms with Crippen molar-refractivity contribution in [3.8, 4) is 0 Å². The molecule has 9 heteroatoms. The molecule has 0 unspecified atom stereocenters. The zero-order chi connectivity index (χ0) is 23.4. The maximum absolute atomic E-state index is 12.7. The summed E-state index contributed by atoms with van der Waals surface area (Å²) in [5.74, 6) is -0.845. The number of benzene rings is 2. The van der Waals surface area contributed by atoms with E-state index in [2.05, 4.69) is 5.32 Å². The van der Waals surface area contributed by atoms with Crippen LogP contribution in [0.5, 0.6) is 0 Å². The molecule has 1 fully saturated rings. The van der Waals surface area contributed by atoms with E-state index in [9.17, 15) is 22.8 Å². The Kier molecular flexibility index (Phi) is 6.90. The Morgan fingerprint density at radius 3 is 2.09 bits per heavy atom. The fraction of sp³-hybridized carbons (Fsp3) is 0.375. The van der Waals surface area contributed by atoms with Gasteiger partial charge in [0.1, 0.15) is 0 Å². The van der Waals surface area contributed by atoms with Crippen LogP contribution in [0.2, 0.25) is 0 Å². The minimum Gasteiger partial charge on any atom is -0.352 e. The number of rotatable bonds is 8. The van der Waals surface area contributed by atoms with Crippen LogP contribution in [0.15, 0.2) is 53.4 Å². The summed E-state index contributed by atoms with van der Waals surface area (Å²) in [6, 6.07) is 13.3. The molecule has 0 saturated carbocycles. The lowest BCUT2D eigenvalue weighted by molar-refractivity contribution is -0.121. The van der Waals surface area contributed by atoms with Crippen molar-refractivity contribution >= 4 is 27.7 Å². The van der Waals surface area contributed by atoms with Crippen molar-refractivity contribution in [2.45, 2.75) is 43.5 Å². The lowest BCUT2D eigenvalue weighted by Gasteiger charge is -2.25. The van der Waals surface area contributed by atoms with E-state index in [0.29, 0.717) is 30.6 Å². The molecule has 1 saturated heterocycles. The first-order valence-electron chi connectivity index (χ1n) is 11.2. The van der Waals surface area contributed by atoms with Gasteiger partial charge in [-0.15, -0.1) is 0 Å². The second-order valence-corrected chi connectivity index (χ2v) is 10.2. The van der Waals surface area contributed by atoms with Gasteiger partial charge < -0.3 is 5.32 Å². The molecule has 0 radical (unpaired) electrons. The normalized spacial score (nSPS) is 16.7. The molecule has 0 spiro atoms. The van der Waals surface area contributed by atoms with E-state index in [1.54, 1.807) is 48.5 Å². The Hall–Kier alpha value is -3.04. The number of hydrogen-bond acceptors (Lipinski definition) is 5. The monoisotopic (exact) mass is 469 g/mol. The Morgan fingerprint density at radius 2 is 1.48 bits per heavy atom. The van der Waals surface area contributed by atoms with E-state index in [4.69, 9.17) is 0 Å². The van der Waals surface area contributed by atoms with Crippen LogP contribution in [-0.2, 0) is 21.4 Å².